The van der Waals surface area contributed by atoms with Gasteiger partial charge < -0.3 is 19.9 Å². The summed E-state index contributed by atoms with van der Waals surface area (Å²) in [7, 11) is 0. The predicted molar refractivity (Wildman–Crippen MR) is 116 cm³/mol. The fraction of sp³-hybridized carbons (Fsp3) is 0.200. The number of hydrogen-bond donors (Lipinski definition) is 2. The van der Waals surface area contributed by atoms with E-state index in [1.807, 2.05) is 25.1 Å². The van der Waals surface area contributed by atoms with E-state index in [-0.39, 0.29) is 5.70 Å². The highest BCUT2D eigenvalue weighted by atomic mass is 127. The highest BCUT2D eigenvalue weighted by Gasteiger charge is 2.14. The van der Waals surface area contributed by atoms with Gasteiger partial charge in [0, 0.05) is 11.9 Å². The van der Waals surface area contributed by atoms with E-state index in [2.05, 4.69) is 27.9 Å². The van der Waals surface area contributed by atoms with Gasteiger partial charge in [0.25, 0.3) is 0 Å². The predicted octanol–water partition coefficient (Wildman–Crippen LogP) is 4.48. The van der Waals surface area contributed by atoms with Crippen molar-refractivity contribution in [2.24, 2.45) is 0 Å². The van der Waals surface area contributed by atoms with E-state index in [0.717, 1.165) is 9.13 Å². The second-order valence-electron chi connectivity index (χ2n) is 5.73. The molecule has 0 fully saturated rings. The molecule has 0 saturated carbocycles. The van der Waals surface area contributed by atoms with Crippen molar-refractivity contribution >= 4 is 52.1 Å². The van der Waals surface area contributed by atoms with Gasteiger partial charge in [0.2, 0.25) is 5.91 Å². The fourth-order valence-electron chi connectivity index (χ4n) is 2.36. The average molecular weight is 516 g/mol. The molecule has 0 bridgehead atoms. The Hall–Kier alpha value is -2.26. The first kappa shape index (κ1) is 22.0. The number of rotatable bonds is 8. The van der Waals surface area contributed by atoms with Crippen molar-refractivity contribution in [3.05, 3.63) is 61.8 Å². The van der Waals surface area contributed by atoms with Crippen molar-refractivity contribution in [2.45, 2.75) is 20.5 Å². The van der Waals surface area contributed by atoms with Crippen LogP contribution in [-0.2, 0) is 16.2 Å². The summed E-state index contributed by atoms with van der Waals surface area (Å²) in [5.41, 5.74) is 1.25. The number of carbonyl (C=O) groups excluding carboxylic acids is 1. The van der Waals surface area contributed by atoms with Crippen molar-refractivity contribution in [2.75, 3.05) is 6.61 Å². The van der Waals surface area contributed by atoms with Crippen LogP contribution in [0.2, 0.25) is 5.02 Å². The summed E-state index contributed by atoms with van der Waals surface area (Å²) in [6.07, 6.45) is 1.37. The number of halogens is 2. The van der Waals surface area contributed by atoms with E-state index in [9.17, 15) is 14.7 Å². The van der Waals surface area contributed by atoms with E-state index < -0.39 is 11.9 Å². The van der Waals surface area contributed by atoms with Crippen molar-refractivity contribution in [3.63, 3.8) is 0 Å². The lowest BCUT2D eigenvalue weighted by Gasteiger charge is -2.15. The van der Waals surface area contributed by atoms with Crippen LogP contribution in [-0.4, -0.2) is 23.6 Å². The van der Waals surface area contributed by atoms with E-state index in [4.69, 9.17) is 21.1 Å². The Labute approximate surface area is 181 Å². The molecule has 8 heteroatoms. The molecule has 0 atom stereocenters. The molecule has 0 aliphatic rings. The minimum Gasteiger partial charge on any atom is -0.490 e. The number of carboxylic acids is 1. The minimum atomic E-state index is -1.23. The van der Waals surface area contributed by atoms with Crippen molar-refractivity contribution < 1.29 is 24.2 Å². The smallest absolute Gasteiger partial charge is 0.352 e. The largest absolute Gasteiger partial charge is 0.490 e. The van der Waals surface area contributed by atoms with E-state index in [1.54, 1.807) is 18.2 Å². The molecule has 2 aromatic carbocycles. The van der Waals surface area contributed by atoms with Crippen LogP contribution in [0.4, 0.5) is 0 Å². The molecule has 0 aliphatic carbocycles. The highest BCUT2D eigenvalue weighted by Crippen LogP contribution is 2.35. The first-order chi connectivity index (χ1) is 13.3. The van der Waals surface area contributed by atoms with Gasteiger partial charge in [-0.2, -0.15) is 0 Å². The summed E-state index contributed by atoms with van der Waals surface area (Å²) in [6.45, 7) is 3.81. The van der Waals surface area contributed by atoms with Crippen LogP contribution in [0.1, 0.15) is 25.0 Å². The van der Waals surface area contributed by atoms with Gasteiger partial charge in [0.05, 0.1) is 10.2 Å². The summed E-state index contributed by atoms with van der Waals surface area (Å²) < 4.78 is 12.3. The van der Waals surface area contributed by atoms with Gasteiger partial charge in [-0.1, -0.05) is 23.7 Å². The third-order valence-electron chi connectivity index (χ3n) is 3.46. The summed E-state index contributed by atoms with van der Waals surface area (Å²) in [6, 6.07) is 10.8. The van der Waals surface area contributed by atoms with Gasteiger partial charge in [-0.05, 0) is 71.0 Å². The number of carboxylic acid groups (broad SMARTS) is 1. The van der Waals surface area contributed by atoms with Gasteiger partial charge in [-0.3, -0.25) is 4.79 Å². The lowest BCUT2D eigenvalue weighted by molar-refractivity contribution is -0.134. The first-order valence-electron chi connectivity index (χ1n) is 8.36. The zero-order chi connectivity index (χ0) is 20.7. The summed E-state index contributed by atoms with van der Waals surface area (Å²) in [4.78, 5) is 22.5. The van der Waals surface area contributed by atoms with E-state index in [0.29, 0.717) is 35.3 Å². The quantitative estimate of drug-likeness (QED) is 0.400. The zero-order valence-corrected chi connectivity index (χ0v) is 18.2. The zero-order valence-electron chi connectivity index (χ0n) is 15.3. The molecule has 0 spiro atoms. The SMILES string of the molecule is CCOc1cc(C=C(NC(C)=O)C(=O)O)cc(I)c1OCc1cccc(Cl)c1. The number of benzene rings is 2. The molecule has 2 rings (SSSR count). The normalized spacial score (nSPS) is 11.1. The van der Waals surface area contributed by atoms with Crippen LogP contribution < -0.4 is 14.8 Å². The number of aliphatic carboxylic acids is 1. The Morgan fingerprint density at radius 2 is 2.00 bits per heavy atom. The molecule has 6 nitrogen and oxygen atoms in total. The lowest BCUT2D eigenvalue weighted by Crippen LogP contribution is -2.24. The second-order valence-corrected chi connectivity index (χ2v) is 7.32. The topological polar surface area (TPSA) is 84.9 Å². The third-order valence-corrected chi connectivity index (χ3v) is 4.49. The van der Waals surface area contributed by atoms with Gasteiger partial charge in [0.15, 0.2) is 11.5 Å². The van der Waals surface area contributed by atoms with Crippen LogP contribution in [0.5, 0.6) is 11.5 Å². The third kappa shape index (κ3) is 6.42. The molecule has 2 N–H and O–H groups in total. The molecular weight excluding hydrogens is 497 g/mol. The molecule has 148 valence electrons. The Morgan fingerprint density at radius 1 is 1.25 bits per heavy atom. The standard InChI is InChI=1S/C20H19ClINO5/c1-3-27-18-10-14(9-17(20(25)26)23-12(2)24)8-16(22)19(18)28-11-13-5-4-6-15(21)7-13/h4-10H,3,11H2,1-2H3,(H,23,24)(H,25,26). The molecule has 0 unspecified atom stereocenters. The van der Waals surface area contributed by atoms with E-state index in [1.165, 1.54) is 13.0 Å². The Balaban J connectivity index is 2.34. The molecule has 1 amide bonds. The van der Waals surface area contributed by atoms with Gasteiger partial charge in [-0.15, -0.1) is 0 Å². The van der Waals surface area contributed by atoms with Crippen LogP contribution in [0.25, 0.3) is 6.08 Å². The molecule has 0 aromatic heterocycles. The van der Waals surface area contributed by atoms with Crippen LogP contribution >= 0.6 is 34.2 Å². The maximum atomic E-state index is 11.3. The Kier molecular flexibility index (Phi) is 8.13. The molecule has 0 saturated heterocycles. The number of nitrogens with one attached hydrogen (secondary N) is 1. The van der Waals surface area contributed by atoms with Crippen LogP contribution in [0.15, 0.2) is 42.1 Å². The number of ether oxygens (including phenoxy) is 2. The monoisotopic (exact) mass is 515 g/mol. The van der Waals surface area contributed by atoms with Crippen molar-refractivity contribution in [1.29, 1.82) is 0 Å². The van der Waals surface area contributed by atoms with Crippen molar-refractivity contribution in [3.8, 4) is 11.5 Å². The number of amides is 1. The summed E-state index contributed by atoms with van der Waals surface area (Å²) in [5, 5.41) is 12.2. The molecule has 0 heterocycles. The Bertz CT molecular complexity index is 913. The summed E-state index contributed by atoms with van der Waals surface area (Å²) in [5.74, 6) is -0.662. The highest BCUT2D eigenvalue weighted by molar-refractivity contribution is 14.1. The molecule has 28 heavy (non-hydrogen) atoms. The second kappa shape index (κ2) is 10.3. The molecular formula is C20H19ClINO5. The maximum Gasteiger partial charge on any atom is 0.352 e. The fourth-order valence-corrected chi connectivity index (χ4v) is 3.36. The van der Waals surface area contributed by atoms with Crippen molar-refractivity contribution in [1.82, 2.24) is 5.32 Å². The number of hydrogen-bond acceptors (Lipinski definition) is 4. The summed E-state index contributed by atoms with van der Waals surface area (Å²) >= 11 is 8.10. The van der Waals surface area contributed by atoms with Crippen LogP contribution in [0, 0.1) is 3.57 Å². The molecule has 0 aliphatic heterocycles. The maximum absolute atomic E-state index is 11.3. The van der Waals surface area contributed by atoms with Crippen LogP contribution in [0.3, 0.4) is 0 Å². The van der Waals surface area contributed by atoms with Gasteiger partial charge >= 0.3 is 5.97 Å². The number of carbonyl (C=O) groups is 2. The minimum absolute atomic E-state index is 0.224. The van der Waals surface area contributed by atoms with Gasteiger partial charge in [-0.25, -0.2) is 4.79 Å². The first-order valence-corrected chi connectivity index (χ1v) is 9.82. The lowest BCUT2D eigenvalue weighted by atomic mass is 10.1. The van der Waals surface area contributed by atoms with Gasteiger partial charge in [0.1, 0.15) is 12.3 Å². The average Bonchev–Trinajstić information content (AvgIpc) is 2.60. The Morgan fingerprint density at radius 3 is 2.61 bits per heavy atom. The molecule has 2 aromatic rings. The molecule has 0 radical (unpaired) electrons. The van der Waals surface area contributed by atoms with E-state index >= 15 is 0 Å².